The summed E-state index contributed by atoms with van der Waals surface area (Å²) in [7, 11) is 0. The predicted molar refractivity (Wildman–Crippen MR) is 50.5 cm³/mol. The Morgan fingerprint density at radius 3 is 2.50 bits per heavy atom. The fourth-order valence-electron chi connectivity index (χ4n) is 1.48. The second-order valence-corrected chi connectivity index (χ2v) is 3.23. The van der Waals surface area contributed by atoms with Crippen LogP contribution in [0.2, 0.25) is 0 Å². The van der Waals surface area contributed by atoms with Crippen LogP contribution in [-0.2, 0) is 4.74 Å². The molecule has 0 amide bonds. The fraction of sp³-hybridized carbons (Fsp3) is 1.00. The first-order valence-corrected chi connectivity index (χ1v) is 4.27. The molecule has 1 rings (SSSR count). The largest absolute Gasteiger partial charge is 0.395 e. The first kappa shape index (κ1) is 12.2. The second kappa shape index (κ2) is 6.66. The SMILES string of the molecule is Cl.N[C@@H](CO)CC1CCOCC1. The highest BCUT2D eigenvalue weighted by molar-refractivity contribution is 5.85. The van der Waals surface area contributed by atoms with Crippen LogP contribution in [0.25, 0.3) is 0 Å². The molecule has 1 aliphatic rings. The van der Waals surface area contributed by atoms with Gasteiger partial charge in [-0.15, -0.1) is 12.4 Å². The van der Waals surface area contributed by atoms with E-state index in [1.165, 1.54) is 0 Å². The van der Waals surface area contributed by atoms with Crippen molar-refractivity contribution in [1.82, 2.24) is 0 Å². The zero-order valence-electron chi connectivity index (χ0n) is 7.24. The third-order valence-electron chi connectivity index (χ3n) is 2.21. The average molecular weight is 196 g/mol. The van der Waals surface area contributed by atoms with E-state index in [1.54, 1.807) is 0 Å². The summed E-state index contributed by atoms with van der Waals surface area (Å²) in [6, 6.07) is -0.0295. The second-order valence-electron chi connectivity index (χ2n) is 3.23. The smallest absolute Gasteiger partial charge is 0.0582 e. The van der Waals surface area contributed by atoms with Crippen molar-refractivity contribution in [2.75, 3.05) is 19.8 Å². The first-order valence-electron chi connectivity index (χ1n) is 4.27. The van der Waals surface area contributed by atoms with Gasteiger partial charge < -0.3 is 15.6 Å². The van der Waals surface area contributed by atoms with E-state index in [-0.39, 0.29) is 25.1 Å². The molecule has 74 valence electrons. The van der Waals surface area contributed by atoms with Gasteiger partial charge in [0, 0.05) is 19.3 Å². The Hall–Kier alpha value is 0.170. The van der Waals surface area contributed by atoms with E-state index >= 15 is 0 Å². The number of halogens is 1. The maximum atomic E-state index is 8.71. The van der Waals surface area contributed by atoms with Crippen molar-refractivity contribution in [1.29, 1.82) is 0 Å². The Bertz CT molecular complexity index is 107. The van der Waals surface area contributed by atoms with Gasteiger partial charge in [-0.3, -0.25) is 0 Å². The van der Waals surface area contributed by atoms with Crippen LogP contribution in [0.15, 0.2) is 0 Å². The van der Waals surface area contributed by atoms with E-state index < -0.39 is 0 Å². The molecule has 1 fully saturated rings. The lowest BCUT2D eigenvalue weighted by Gasteiger charge is -2.23. The summed E-state index contributed by atoms with van der Waals surface area (Å²) < 4.78 is 5.21. The molecule has 0 saturated carbocycles. The average Bonchev–Trinajstić information content (AvgIpc) is 2.06. The number of nitrogens with two attached hydrogens (primary N) is 1. The monoisotopic (exact) mass is 195 g/mol. The lowest BCUT2D eigenvalue weighted by Crippen LogP contribution is -2.29. The lowest BCUT2D eigenvalue weighted by atomic mass is 9.93. The van der Waals surface area contributed by atoms with E-state index in [4.69, 9.17) is 15.6 Å². The van der Waals surface area contributed by atoms with Gasteiger partial charge in [0.05, 0.1) is 6.61 Å². The van der Waals surface area contributed by atoms with Crippen LogP contribution in [-0.4, -0.2) is 31.0 Å². The molecule has 12 heavy (non-hydrogen) atoms. The minimum Gasteiger partial charge on any atom is -0.395 e. The van der Waals surface area contributed by atoms with Crippen molar-refractivity contribution in [3.05, 3.63) is 0 Å². The zero-order chi connectivity index (χ0) is 8.10. The molecule has 0 aromatic rings. The van der Waals surface area contributed by atoms with Crippen LogP contribution >= 0.6 is 12.4 Å². The van der Waals surface area contributed by atoms with Crippen molar-refractivity contribution in [2.24, 2.45) is 11.7 Å². The van der Waals surface area contributed by atoms with E-state index in [2.05, 4.69) is 0 Å². The van der Waals surface area contributed by atoms with Gasteiger partial charge in [0.25, 0.3) is 0 Å². The third kappa shape index (κ3) is 4.26. The van der Waals surface area contributed by atoms with E-state index in [9.17, 15) is 0 Å². The van der Waals surface area contributed by atoms with Gasteiger partial charge in [-0.2, -0.15) is 0 Å². The molecule has 1 aliphatic heterocycles. The van der Waals surface area contributed by atoms with Crippen LogP contribution in [0, 0.1) is 5.92 Å². The highest BCUT2D eigenvalue weighted by atomic mass is 35.5. The van der Waals surface area contributed by atoms with Gasteiger partial charge in [0.15, 0.2) is 0 Å². The van der Waals surface area contributed by atoms with Crippen molar-refractivity contribution >= 4 is 12.4 Å². The number of ether oxygens (including phenoxy) is 1. The van der Waals surface area contributed by atoms with Crippen LogP contribution in [0.5, 0.6) is 0 Å². The summed E-state index contributed by atoms with van der Waals surface area (Å²) in [5.74, 6) is 0.672. The number of aliphatic hydroxyl groups excluding tert-OH is 1. The van der Waals surface area contributed by atoms with Crippen molar-refractivity contribution in [2.45, 2.75) is 25.3 Å². The molecule has 0 radical (unpaired) electrons. The number of aliphatic hydroxyl groups is 1. The van der Waals surface area contributed by atoms with E-state index in [1.807, 2.05) is 0 Å². The van der Waals surface area contributed by atoms with E-state index in [0.717, 1.165) is 32.5 Å². The van der Waals surface area contributed by atoms with Crippen LogP contribution < -0.4 is 5.73 Å². The summed E-state index contributed by atoms with van der Waals surface area (Å²) in [6.07, 6.45) is 3.15. The van der Waals surface area contributed by atoms with Gasteiger partial charge in [-0.05, 0) is 25.2 Å². The van der Waals surface area contributed by atoms with Crippen LogP contribution in [0.3, 0.4) is 0 Å². The van der Waals surface area contributed by atoms with Gasteiger partial charge in [-0.1, -0.05) is 0 Å². The fourth-order valence-corrected chi connectivity index (χ4v) is 1.48. The molecule has 0 aliphatic carbocycles. The highest BCUT2D eigenvalue weighted by Gasteiger charge is 2.16. The maximum Gasteiger partial charge on any atom is 0.0582 e. The number of hydrogen-bond acceptors (Lipinski definition) is 3. The van der Waals surface area contributed by atoms with Crippen LogP contribution in [0.1, 0.15) is 19.3 Å². The molecule has 0 spiro atoms. The maximum absolute atomic E-state index is 8.71. The minimum atomic E-state index is -0.0295. The van der Waals surface area contributed by atoms with Gasteiger partial charge in [-0.25, -0.2) is 0 Å². The minimum absolute atomic E-state index is 0. The molecule has 1 atom stereocenters. The van der Waals surface area contributed by atoms with Crippen LogP contribution in [0.4, 0.5) is 0 Å². The number of rotatable bonds is 3. The molecular weight excluding hydrogens is 178 g/mol. The summed E-state index contributed by atoms with van der Waals surface area (Å²) in [5.41, 5.74) is 5.61. The molecule has 0 aromatic heterocycles. The summed E-state index contributed by atoms with van der Waals surface area (Å²) in [6.45, 7) is 1.84. The molecule has 1 heterocycles. The standard InChI is InChI=1S/C8H17NO2.ClH/c9-8(6-10)5-7-1-3-11-4-2-7;/h7-8,10H,1-6,9H2;1H/t8-;/m1./s1. The number of hydrogen-bond donors (Lipinski definition) is 2. The van der Waals surface area contributed by atoms with Gasteiger partial charge in [0.2, 0.25) is 0 Å². The Morgan fingerprint density at radius 1 is 1.42 bits per heavy atom. The Balaban J connectivity index is 0.00000121. The first-order chi connectivity index (χ1) is 5.33. The Kier molecular flexibility index (Phi) is 6.76. The summed E-state index contributed by atoms with van der Waals surface area (Å²) in [5, 5.41) is 8.71. The normalized spacial score (nSPS) is 21.5. The molecule has 1 saturated heterocycles. The predicted octanol–water partition coefficient (Wildman–Crippen LogP) is 0.544. The highest BCUT2D eigenvalue weighted by Crippen LogP contribution is 2.19. The molecule has 0 unspecified atom stereocenters. The van der Waals surface area contributed by atoms with Crippen molar-refractivity contribution in [3.63, 3.8) is 0 Å². The Morgan fingerprint density at radius 2 is 2.00 bits per heavy atom. The molecule has 0 aromatic carbocycles. The topological polar surface area (TPSA) is 55.5 Å². The molecular formula is C8H18ClNO2. The van der Waals surface area contributed by atoms with E-state index in [0.29, 0.717) is 5.92 Å². The van der Waals surface area contributed by atoms with Gasteiger partial charge in [0.1, 0.15) is 0 Å². The third-order valence-corrected chi connectivity index (χ3v) is 2.21. The summed E-state index contributed by atoms with van der Waals surface area (Å²) >= 11 is 0. The lowest BCUT2D eigenvalue weighted by molar-refractivity contribution is 0.0595. The molecule has 3 N–H and O–H groups in total. The van der Waals surface area contributed by atoms with Crippen molar-refractivity contribution < 1.29 is 9.84 Å². The quantitative estimate of drug-likeness (QED) is 0.692. The molecule has 4 heteroatoms. The Labute approximate surface area is 79.7 Å². The van der Waals surface area contributed by atoms with Gasteiger partial charge >= 0.3 is 0 Å². The molecule has 3 nitrogen and oxygen atoms in total. The summed E-state index contributed by atoms with van der Waals surface area (Å²) in [4.78, 5) is 0. The molecule has 0 bridgehead atoms. The van der Waals surface area contributed by atoms with Crippen molar-refractivity contribution in [3.8, 4) is 0 Å². The zero-order valence-corrected chi connectivity index (χ0v) is 8.05.